The number of aliphatic hydroxyl groups excluding tert-OH is 1. The van der Waals surface area contributed by atoms with Gasteiger partial charge in [-0.2, -0.15) is 4.98 Å². The van der Waals surface area contributed by atoms with Crippen molar-refractivity contribution in [3.05, 3.63) is 40.5 Å². The summed E-state index contributed by atoms with van der Waals surface area (Å²) in [6.07, 6.45) is -0.629. The van der Waals surface area contributed by atoms with Crippen LogP contribution in [0.2, 0.25) is 5.02 Å². The zero-order valence-electron chi connectivity index (χ0n) is 15.7. The summed E-state index contributed by atoms with van der Waals surface area (Å²) in [6.45, 7) is 2.16. The number of hydrogen-bond donors (Lipinski definition) is 3. The van der Waals surface area contributed by atoms with E-state index >= 15 is 0 Å². The summed E-state index contributed by atoms with van der Waals surface area (Å²) in [5.74, 6) is -0.00333. The average molecular weight is 407 g/mol. The van der Waals surface area contributed by atoms with Crippen molar-refractivity contribution in [3.63, 3.8) is 0 Å². The van der Waals surface area contributed by atoms with Crippen molar-refractivity contribution >= 4 is 29.3 Å². The number of benzene rings is 1. The van der Waals surface area contributed by atoms with Crippen LogP contribution in [-0.2, 0) is 11.2 Å². The maximum atomic E-state index is 12.3. The maximum absolute atomic E-state index is 12.3. The second-order valence-corrected chi connectivity index (χ2v) is 7.40. The van der Waals surface area contributed by atoms with E-state index in [4.69, 9.17) is 22.1 Å². The number of piperidine rings is 1. The van der Waals surface area contributed by atoms with Crippen LogP contribution in [0, 0.1) is 12.3 Å². The van der Waals surface area contributed by atoms with E-state index in [0.717, 1.165) is 5.56 Å². The van der Waals surface area contributed by atoms with Gasteiger partial charge in [-0.25, -0.2) is 4.98 Å². The molecule has 1 saturated heterocycles. The van der Waals surface area contributed by atoms with Crippen molar-refractivity contribution in [2.75, 3.05) is 30.8 Å². The van der Waals surface area contributed by atoms with Crippen molar-refractivity contribution in [2.45, 2.75) is 25.9 Å². The summed E-state index contributed by atoms with van der Waals surface area (Å²) < 4.78 is 5.23. The standard InChI is InChI=1S/C19H23ClN4O4/c1-11-15(20)16(23-18(21)22-11)24-7-6-14(25)19(10-24,17(26)27)9-12-4-3-5-13(8-12)28-2/h3-5,8,14,25H,6-7,9-10H2,1-2H3,(H,26,27)(H2,21,22,23)/t14-,19-/m1/s1. The Hall–Kier alpha value is -2.58. The van der Waals surface area contributed by atoms with E-state index in [1.807, 2.05) is 6.07 Å². The van der Waals surface area contributed by atoms with Crippen molar-refractivity contribution in [2.24, 2.45) is 5.41 Å². The Morgan fingerprint density at radius 1 is 1.46 bits per heavy atom. The Bertz CT molecular complexity index is 894. The van der Waals surface area contributed by atoms with E-state index in [2.05, 4.69) is 9.97 Å². The van der Waals surface area contributed by atoms with Gasteiger partial charge in [0.05, 0.1) is 18.9 Å². The predicted octanol–water partition coefficient (Wildman–Crippen LogP) is 1.91. The molecule has 0 radical (unpaired) electrons. The summed E-state index contributed by atoms with van der Waals surface area (Å²) in [7, 11) is 1.55. The molecular formula is C19H23ClN4O4. The average Bonchev–Trinajstić information content (AvgIpc) is 2.66. The summed E-state index contributed by atoms with van der Waals surface area (Å²) in [6, 6.07) is 7.17. The maximum Gasteiger partial charge on any atom is 0.314 e. The molecule has 150 valence electrons. The number of aliphatic hydroxyl groups is 1. The first-order chi connectivity index (χ1) is 13.3. The minimum Gasteiger partial charge on any atom is -0.497 e. The van der Waals surface area contributed by atoms with Gasteiger partial charge in [0.15, 0.2) is 5.82 Å². The van der Waals surface area contributed by atoms with E-state index in [0.29, 0.717) is 28.8 Å². The van der Waals surface area contributed by atoms with Crippen molar-refractivity contribution in [3.8, 4) is 5.75 Å². The number of halogens is 1. The molecule has 0 saturated carbocycles. The molecule has 8 nitrogen and oxygen atoms in total. The predicted molar refractivity (Wildman–Crippen MR) is 106 cm³/mol. The molecule has 1 fully saturated rings. The van der Waals surface area contributed by atoms with Crippen LogP contribution in [-0.4, -0.2) is 52.5 Å². The molecule has 4 N–H and O–H groups in total. The number of anilines is 2. The number of carbonyl (C=O) groups is 1. The SMILES string of the molecule is COc1cccc(C[C@@]2(C(=O)O)CN(c3nc(N)nc(C)c3Cl)CC[C@H]2O)c1. The number of ether oxygens (including phenoxy) is 1. The number of carboxylic acids is 1. The van der Waals surface area contributed by atoms with Crippen LogP contribution in [0.25, 0.3) is 0 Å². The van der Waals surface area contributed by atoms with Crippen molar-refractivity contribution in [1.29, 1.82) is 0 Å². The second kappa shape index (κ2) is 7.81. The minimum atomic E-state index is -1.43. The zero-order chi connectivity index (χ0) is 20.5. The summed E-state index contributed by atoms with van der Waals surface area (Å²) in [5.41, 5.74) is 5.60. The summed E-state index contributed by atoms with van der Waals surface area (Å²) in [5, 5.41) is 21.1. The Balaban J connectivity index is 1.99. The zero-order valence-corrected chi connectivity index (χ0v) is 16.5. The Morgan fingerprint density at radius 3 is 2.89 bits per heavy atom. The highest BCUT2D eigenvalue weighted by molar-refractivity contribution is 6.33. The fourth-order valence-corrected chi connectivity index (χ4v) is 3.85. The van der Waals surface area contributed by atoms with Gasteiger partial charge in [-0.3, -0.25) is 4.79 Å². The Labute approximate surface area is 167 Å². The monoisotopic (exact) mass is 406 g/mol. The molecule has 0 bridgehead atoms. The van der Waals surface area contributed by atoms with Crippen LogP contribution in [0.1, 0.15) is 17.7 Å². The molecule has 2 aromatic rings. The first kappa shape index (κ1) is 20.2. The lowest BCUT2D eigenvalue weighted by atomic mass is 9.73. The number of rotatable bonds is 5. The molecule has 28 heavy (non-hydrogen) atoms. The lowest BCUT2D eigenvalue weighted by Crippen LogP contribution is -2.57. The Morgan fingerprint density at radius 2 is 2.21 bits per heavy atom. The number of aliphatic carboxylic acids is 1. The number of nitrogens with two attached hydrogens (primary N) is 1. The third-order valence-corrected chi connectivity index (χ3v) is 5.62. The first-order valence-electron chi connectivity index (χ1n) is 8.86. The number of hydrogen-bond acceptors (Lipinski definition) is 7. The van der Waals surface area contributed by atoms with Gasteiger partial charge in [-0.05, 0) is 37.5 Å². The molecule has 0 unspecified atom stereocenters. The highest BCUT2D eigenvalue weighted by atomic mass is 35.5. The number of aryl methyl sites for hydroxylation is 1. The molecule has 9 heteroatoms. The van der Waals surface area contributed by atoms with E-state index in [-0.39, 0.29) is 25.3 Å². The lowest BCUT2D eigenvalue weighted by Gasteiger charge is -2.44. The van der Waals surface area contributed by atoms with Gasteiger partial charge in [0.1, 0.15) is 16.2 Å². The number of nitrogen functional groups attached to an aromatic ring is 1. The third kappa shape index (κ3) is 3.70. The molecular weight excluding hydrogens is 384 g/mol. The second-order valence-electron chi connectivity index (χ2n) is 7.02. The molecule has 2 heterocycles. The largest absolute Gasteiger partial charge is 0.497 e. The van der Waals surface area contributed by atoms with Crippen LogP contribution in [0.4, 0.5) is 11.8 Å². The molecule has 1 aromatic heterocycles. The summed E-state index contributed by atoms with van der Waals surface area (Å²) in [4.78, 5) is 22.3. The van der Waals surface area contributed by atoms with E-state index in [1.54, 1.807) is 37.1 Å². The quantitative estimate of drug-likeness (QED) is 0.688. The lowest BCUT2D eigenvalue weighted by molar-refractivity contribution is -0.157. The fourth-order valence-electron chi connectivity index (χ4n) is 3.64. The first-order valence-corrected chi connectivity index (χ1v) is 9.23. The van der Waals surface area contributed by atoms with Crippen molar-refractivity contribution < 1.29 is 19.7 Å². The van der Waals surface area contributed by atoms with E-state index in [9.17, 15) is 15.0 Å². The highest BCUT2D eigenvalue weighted by Gasteiger charge is 2.50. The van der Waals surface area contributed by atoms with Gasteiger partial charge in [-0.15, -0.1) is 0 Å². The highest BCUT2D eigenvalue weighted by Crippen LogP contribution is 2.39. The van der Waals surface area contributed by atoms with Gasteiger partial charge >= 0.3 is 5.97 Å². The fraction of sp³-hybridized carbons (Fsp3) is 0.421. The van der Waals surface area contributed by atoms with E-state index in [1.165, 1.54) is 0 Å². The van der Waals surface area contributed by atoms with Crippen LogP contribution in [0.5, 0.6) is 5.75 Å². The van der Waals surface area contributed by atoms with Gasteiger partial charge in [0, 0.05) is 13.1 Å². The van der Waals surface area contributed by atoms with Crippen LogP contribution in [0.3, 0.4) is 0 Å². The van der Waals surface area contributed by atoms with Gasteiger partial charge < -0.3 is 25.6 Å². The Kier molecular flexibility index (Phi) is 5.62. The smallest absolute Gasteiger partial charge is 0.314 e. The normalized spacial score (nSPS) is 22.1. The van der Waals surface area contributed by atoms with E-state index < -0.39 is 17.5 Å². The molecule has 3 rings (SSSR count). The molecule has 1 aliphatic rings. The molecule has 0 spiro atoms. The van der Waals surface area contributed by atoms with Crippen molar-refractivity contribution in [1.82, 2.24) is 9.97 Å². The third-order valence-electron chi connectivity index (χ3n) is 5.18. The van der Waals surface area contributed by atoms with Gasteiger partial charge in [0.25, 0.3) is 0 Å². The molecule has 1 aromatic carbocycles. The van der Waals surface area contributed by atoms with Gasteiger partial charge in [0.2, 0.25) is 5.95 Å². The molecule has 0 aliphatic carbocycles. The number of carboxylic acid groups (broad SMARTS) is 1. The molecule has 1 aliphatic heterocycles. The number of aromatic nitrogens is 2. The molecule has 0 amide bonds. The summed E-state index contributed by atoms with van der Waals surface area (Å²) >= 11 is 6.36. The van der Waals surface area contributed by atoms with Crippen LogP contribution in [0.15, 0.2) is 24.3 Å². The minimum absolute atomic E-state index is 0.0380. The van der Waals surface area contributed by atoms with Crippen LogP contribution >= 0.6 is 11.6 Å². The van der Waals surface area contributed by atoms with Gasteiger partial charge in [-0.1, -0.05) is 23.7 Å². The topological polar surface area (TPSA) is 122 Å². The molecule has 2 atom stereocenters. The number of methoxy groups -OCH3 is 1. The van der Waals surface area contributed by atoms with Crippen LogP contribution < -0.4 is 15.4 Å². The number of nitrogens with zero attached hydrogens (tertiary/aromatic N) is 3.